The van der Waals surface area contributed by atoms with Crippen molar-refractivity contribution in [3.05, 3.63) is 23.9 Å². The Labute approximate surface area is 114 Å². The minimum Gasteiger partial charge on any atom is -0.326 e. The number of anilines is 1. The molecule has 0 spiro atoms. The normalized spacial score (nSPS) is 17.3. The number of hydrogen-bond acceptors (Lipinski definition) is 4. The van der Waals surface area contributed by atoms with Crippen molar-refractivity contribution in [1.29, 1.82) is 0 Å². The number of nitrogens with two attached hydrogens (primary N) is 1. The van der Waals surface area contributed by atoms with Gasteiger partial charge in [0.25, 0.3) is 0 Å². The lowest BCUT2D eigenvalue weighted by Crippen LogP contribution is -2.24. The van der Waals surface area contributed by atoms with E-state index in [1.54, 1.807) is 18.3 Å². The van der Waals surface area contributed by atoms with Crippen LogP contribution in [0.4, 0.5) is 5.82 Å². The highest BCUT2D eigenvalue weighted by molar-refractivity contribution is 7.92. The summed E-state index contributed by atoms with van der Waals surface area (Å²) in [5, 5.41) is 0. The van der Waals surface area contributed by atoms with Crippen molar-refractivity contribution in [3.8, 4) is 0 Å². The van der Waals surface area contributed by atoms with E-state index in [2.05, 4.69) is 9.71 Å². The van der Waals surface area contributed by atoms with Crippen LogP contribution in [0.2, 0.25) is 0 Å². The molecule has 2 rings (SSSR count). The van der Waals surface area contributed by atoms with Gasteiger partial charge in [-0.3, -0.25) is 4.72 Å². The average Bonchev–Trinajstić information content (AvgIpc) is 2.39. The van der Waals surface area contributed by atoms with Crippen LogP contribution in [-0.2, 0) is 16.6 Å². The summed E-state index contributed by atoms with van der Waals surface area (Å²) in [6, 6.07) is 3.44. The third-order valence-electron chi connectivity index (χ3n) is 3.50. The Morgan fingerprint density at radius 1 is 1.26 bits per heavy atom. The number of aromatic nitrogens is 1. The van der Waals surface area contributed by atoms with Crippen LogP contribution in [0.25, 0.3) is 0 Å². The fourth-order valence-electron chi connectivity index (χ4n) is 2.47. The molecule has 1 heterocycles. The van der Waals surface area contributed by atoms with Crippen LogP contribution in [0, 0.1) is 5.92 Å². The largest absolute Gasteiger partial charge is 0.326 e. The summed E-state index contributed by atoms with van der Waals surface area (Å²) in [5.74, 6) is 0.857. The van der Waals surface area contributed by atoms with E-state index in [9.17, 15) is 8.42 Å². The van der Waals surface area contributed by atoms with Gasteiger partial charge >= 0.3 is 0 Å². The van der Waals surface area contributed by atoms with Gasteiger partial charge in [0.15, 0.2) is 0 Å². The van der Waals surface area contributed by atoms with Crippen LogP contribution in [0.3, 0.4) is 0 Å². The van der Waals surface area contributed by atoms with E-state index in [4.69, 9.17) is 5.73 Å². The molecule has 1 fully saturated rings. The molecule has 19 heavy (non-hydrogen) atoms. The number of nitrogens with zero attached hydrogens (tertiary/aromatic N) is 1. The fraction of sp³-hybridized carbons (Fsp3) is 0.615. The first-order chi connectivity index (χ1) is 9.09. The summed E-state index contributed by atoms with van der Waals surface area (Å²) >= 11 is 0. The Morgan fingerprint density at radius 2 is 2.00 bits per heavy atom. The second kappa shape index (κ2) is 6.34. The van der Waals surface area contributed by atoms with E-state index in [1.807, 2.05) is 0 Å². The molecule has 1 aromatic rings. The highest BCUT2D eigenvalue weighted by Crippen LogP contribution is 2.25. The average molecular weight is 283 g/mol. The maximum absolute atomic E-state index is 12.0. The van der Waals surface area contributed by atoms with Gasteiger partial charge in [-0.15, -0.1) is 0 Å². The van der Waals surface area contributed by atoms with Gasteiger partial charge in [-0.25, -0.2) is 13.4 Å². The third kappa shape index (κ3) is 4.47. The molecule has 0 unspecified atom stereocenters. The summed E-state index contributed by atoms with van der Waals surface area (Å²) in [6.45, 7) is 0.405. The molecule has 0 saturated heterocycles. The SMILES string of the molecule is NCc1ccc(NS(=O)(=O)CC2CCCCC2)nc1. The molecule has 0 radical (unpaired) electrons. The maximum Gasteiger partial charge on any atom is 0.234 e. The van der Waals surface area contributed by atoms with Gasteiger partial charge in [0.2, 0.25) is 10.0 Å². The predicted octanol–water partition coefficient (Wildman–Crippen LogP) is 1.86. The van der Waals surface area contributed by atoms with Crippen LogP contribution >= 0.6 is 0 Å². The lowest BCUT2D eigenvalue weighted by atomic mass is 9.91. The van der Waals surface area contributed by atoms with Crippen molar-refractivity contribution in [2.45, 2.75) is 38.6 Å². The zero-order valence-electron chi connectivity index (χ0n) is 11.0. The molecule has 106 valence electrons. The number of pyridine rings is 1. The summed E-state index contributed by atoms with van der Waals surface area (Å²) in [6.07, 6.45) is 7.14. The molecule has 6 heteroatoms. The van der Waals surface area contributed by atoms with Gasteiger partial charge in [-0.1, -0.05) is 25.3 Å². The zero-order valence-corrected chi connectivity index (χ0v) is 11.8. The minimum atomic E-state index is -3.30. The Kier molecular flexibility index (Phi) is 4.76. The summed E-state index contributed by atoms with van der Waals surface area (Å²) in [5.41, 5.74) is 6.36. The van der Waals surface area contributed by atoms with Gasteiger partial charge in [-0.2, -0.15) is 0 Å². The molecule has 3 N–H and O–H groups in total. The monoisotopic (exact) mass is 283 g/mol. The van der Waals surface area contributed by atoms with Gasteiger partial charge in [0, 0.05) is 12.7 Å². The number of hydrogen-bond donors (Lipinski definition) is 2. The minimum absolute atomic E-state index is 0.202. The molecular weight excluding hydrogens is 262 g/mol. The second-order valence-corrected chi connectivity index (χ2v) is 6.91. The molecule has 1 aliphatic carbocycles. The van der Waals surface area contributed by atoms with E-state index >= 15 is 0 Å². The summed E-state index contributed by atoms with van der Waals surface area (Å²) < 4.78 is 26.6. The van der Waals surface area contributed by atoms with Crippen LogP contribution in [0.15, 0.2) is 18.3 Å². The van der Waals surface area contributed by atoms with Gasteiger partial charge in [0.1, 0.15) is 5.82 Å². The van der Waals surface area contributed by atoms with Crippen LogP contribution < -0.4 is 10.5 Å². The molecule has 0 aromatic carbocycles. The fourth-order valence-corrected chi connectivity index (χ4v) is 3.95. The Hall–Kier alpha value is -1.14. The van der Waals surface area contributed by atoms with Crippen molar-refractivity contribution >= 4 is 15.8 Å². The molecule has 5 nitrogen and oxygen atoms in total. The van der Waals surface area contributed by atoms with Crippen molar-refractivity contribution in [2.24, 2.45) is 11.7 Å². The van der Waals surface area contributed by atoms with Crippen molar-refractivity contribution < 1.29 is 8.42 Å². The van der Waals surface area contributed by atoms with Gasteiger partial charge in [0.05, 0.1) is 5.75 Å². The van der Waals surface area contributed by atoms with Gasteiger partial charge in [-0.05, 0) is 30.4 Å². The van der Waals surface area contributed by atoms with E-state index in [0.29, 0.717) is 12.4 Å². The quantitative estimate of drug-likeness (QED) is 0.863. The molecule has 0 atom stereocenters. The van der Waals surface area contributed by atoms with E-state index in [0.717, 1.165) is 31.2 Å². The van der Waals surface area contributed by atoms with Crippen molar-refractivity contribution in [2.75, 3.05) is 10.5 Å². The summed E-state index contributed by atoms with van der Waals surface area (Å²) in [4.78, 5) is 4.06. The molecule has 0 amide bonds. The first-order valence-electron chi connectivity index (χ1n) is 6.74. The standard InChI is InChI=1S/C13H21N3O2S/c14-8-12-6-7-13(15-9-12)16-19(17,18)10-11-4-2-1-3-5-11/h6-7,9,11H,1-5,8,10,14H2,(H,15,16). The van der Waals surface area contributed by atoms with E-state index in [1.165, 1.54) is 6.42 Å². The predicted molar refractivity (Wildman–Crippen MR) is 76.1 cm³/mol. The van der Waals surface area contributed by atoms with E-state index < -0.39 is 10.0 Å². The molecule has 1 aromatic heterocycles. The Bertz CT molecular complexity index is 493. The van der Waals surface area contributed by atoms with Crippen LogP contribution in [0.5, 0.6) is 0 Å². The number of sulfonamides is 1. The topological polar surface area (TPSA) is 85.1 Å². The molecule has 1 saturated carbocycles. The van der Waals surface area contributed by atoms with Gasteiger partial charge < -0.3 is 5.73 Å². The third-order valence-corrected chi connectivity index (χ3v) is 4.93. The first kappa shape index (κ1) is 14.3. The highest BCUT2D eigenvalue weighted by Gasteiger charge is 2.21. The number of nitrogens with one attached hydrogen (secondary N) is 1. The summed E-state index contributed by atoms with van der Waals surface area (Å²) in [7, 11) is -3.30. The zero-order chi connectivity index (χ0) is 13.7. The molecule has 1 aliphatic rings. The number of rotatable bonds is 5. The van der Waals surface area contributed by atoms with Crippen LogP contribution in [0.1, 0.15) is 37.7 Å². The van der Waals surface area contributed by atoms with Crippen molar-refractivity contribution in [1.82, 2.24) is 4.98 Å². The lowest BCUT2D eigenvalue weighted by molar-refractivity contribution is 0.385. The molecule has 0 bridgehead atoms. The Morgan fingerprint density at radius 3 is 2.58 bits per heavy atom. The second-order valence-electron chi connectivity index (χ2n) is 5.14. The van der Waals surface area contributed by atoms with E-state index in [-0.39, 0.29) is 11.7 Å². The maximum atomic E-state index is 12.0. The Balaban J connectivity index is 1.95. The first-order valence-corrected chi connectivity index (χ1v) is 8.40. The highest BCUT2D eigenvalue weighted by atomic mass is 32.2. The molecule has 0 aliphatic heterocycles. The smallest absolute Gasteiger partial charge is 0.234 e. The van der Waals surface area contributed by atoms with Crippen molar-refractivity contribution in [3.63, 3.8) is 0 Å². The lowest BCUT2D eigenvalue weighted by Gasteiger charge is -2.21. The van der Waals surface area contributed by atoms with Crippen LogP contribution in [-0.4, -0.2) is 19.2 Å². The molecular formula is C13H21N3O2S.